The second-order valence-electron chi connectivity index (χ2n) is 5.95. The highest BCUT2D eigenvalue weighted by Gasteiger charge is 2.30. The van der Waals surface area contributed by atoms with Crippen LogP contribution in [0.25, 0.3) is 6.08 Å². The van der Waals surface area contributed by atoms with E-state index in [1.165, 1.54) is 11.0 Å². The monoisotopic (exact) mass is 364 g/mol. The number of aryl methyl sites for hydroxylation is 1. The molecular weight excluding hydrogens is 344 g/mol. The van der Waals surface area contributed by atoms with E-state index in [1.54, 1.807) is 12.1 Å². The largest absolute Gasteiger partial charge is 0.452 e. The van der Waals surface area contributed by atoms with Crippen LogP contribution in [0.3, 0.4) is 0 Å². The van der Waals surface area contributed by atoms with Gasteiger partial charge in [-0.2, -0.15) is 0 Å². The van der Waals surface area contributed by atoms with Gasteiger partial charge in [0.2, 0.25) is 5.91 Å². The molecule has 1 aliphatic heterocycles. The number of carbonyl (C=O) groups is 3. The maximum absolute atomic E-state index is 12.2. The lowest BCUT2D eigenvalue weighted by atomic mass is 10.0. The zero-order valence-corrected chi connectivity index (χ0v) is 14.8. The van der Waals surface area contributed by atoms with Crippen molar-refractivity contribution < 1.29 is 19.1 Å². The number of nitrogens with zero attached hydrogens (tertiary/aromatic N) is 1. The van der Waals surface area contributed by atoms with Crippen LogP contribution in [-0.2, 0) is 19.1 Å². The first-order chi connectivity index (χ1) is 11.9. The Labute approximate surface area is 151 Å². The quantitative estimate of drug-likeness (QED) is 0.639. The molecule has 0 aromatic heterocycles. The number of rotatable bonds is 5. The Morgan fingerprint density at radius 3 is 2.80 bits per heavy atom. The third-order valence-electron chi connectivity index (χ3n) is 4.10. The Kier molecular flexibility index (Phi) is 6.58. The summed E-state index contributed by atoms with van der Waals surface area (Å²) in [7, 11) is 0. The zero-order chi connectivity index (χ0) is 18.4. The maximum atomic E-state index is 12.2. The molecule has 2 N–H and O–H groups in total. The van der Waals surface area contributed by atoms with Crippen LogP contribution in [0.4, 0.5) is 0 Å². The van der Waals surface area contributed by atoms with Crippen molar-refractivity contribution in [1.29, 1.82) is 0 Å². The number of carbonyl (C=O) groups excluding carboxylic acids is 3. The van der Waals surface area contributed by atoms with Crippen molar-refractivity contribution in [2.45, 2.75) is 32.2 Å². The lowest BCUT2D eigenvalue weighted by Crippen LogP contribution is -2.51. The van der Waals surface area contributed by atoms with Crippen LogP contribution >= 0.6 is 11.6 Å². The van der Waals surface area contributed by atoms with Gasteiger partial charge in [0.05, 0.1) is 0 Å². The number of nitrogens with two attached hydrogens (primary N) is 1. The van der Waals surface area contributed by atoms with E-state index in [1.807, 2.05) is 19.1 Å². The molecule has 25 heavy (non-hydrogen) atoms. The summed E-state index contributed by atoms with van der Waals surface area (Å²) in [5.74, 6) is -1.59. The van der Waals surface area contributed by atoms with Gasteiger partial charge in [-0.1, -0.05) is 23.7 Å². The van der Waals surface area contributed by atoms with Crippen molar-refractivity contribution in [2.24, 2.45) is 5.73 Å². The van der Waals surface area contributed by atoms with Gasteiger partial charge in [-0.05, 0) is 49.5 Å². The van der Waals surface area contributed by atoms with Crippen LogP contribution in [0, 0.1) is 6.92 Å². The van der Waals surface area contributed by atoms with Crippen LogP contribution in [0.15, 0.2) is 24.3 Å². The Balaban J connectivity index is 1.88. The summed E-state index contributed by atoms with van der Waals surface area (Å²) in [6, 6.07) is 4.78. The highest BCUT2D eigenvalue weighted by molar-refractivity contribution is 6.31. The predicted molar refractivity (Wildman–Crippen MR) is 94.7 cm³/mol. The summed E-state index contributed by atoms with van der Waals surface area (Å²) in [6.45, 7) is 1.92. The van der Waals surface area contributed by atoms with Crippen molar-refractivity contribution in [3.8, 4) is 0 Å². The van der Waals surface area contributed by atoms with Gasteiger partial charge >= 0.3 is 5.97 Å². The molecule has 0 radical (unpaired) electrons. The van der Waals surface area contributed by atoms with E-state index in [9.17, 15) is 14.4 Å². The lowest BCUT2D eigenvalue weighted by molar-refractivity contribution is -0.151. The number of hydrogen-bond acceptors (Lipinski definition) is 4. The molecule has 6 nitrogen and oxygen atoms in total. The van der Waals surface area contributed by atoms with Gasteiger partial charge in [-0.3, -0.25) is 9.59 Å². The van der Waals surface area contributed by atoms with Gasteiger partial charge in [0.1, 0.15) is 6.04 Å². The van der Waals surface area contributed by atoms with Gasteiger partial charge in [-0.15, -0.1) is 0 Å². The van der Waals surface area contributed by atoms with E-state index in [-0.39, 0.29) is 0 Å². The number of primary amides is 1. The fourth-order valence-corrected chi connectivity index (χ4v) is 2.86. The molecule has 2 rings (SSSR count). The maximum Gasteiger partial charge on any atom is 0.331 e. The van der Waals surface area contributed by atoms with E-state index >= 15 is 0 Å². The van der Waals surface area contributed by atoms with E-state index in [2.05, 4.69) is 0 Å². The highest BCUT2D eigenvalue weighted by atomic mass is 35.5. The van der Waals surface area contributed by atoms with E-state index in [0.717, 1.165) is 24.0 Å². The summed E-state index contributed by atoms with van der Waals surface area (Å²) in [5, 5.41) is 0.605. The molecule has 1 saturated heterocycles. The molecule has 2 amide bonds. The van der Waals surface area contributed by atoms with Crippen molar-refractivity contribution in [3.63, 3.8) is 0 Å². The molecule has 1 heterocycles. The molecule has 0 bridgehead atoms. The summed E-state index contributed by atoms with van der Waals surface area (Å²) < 4.78 is 4.96. The zero-order valence-electron chi connectivity index (χ0n) is 14.0. The van der Waals surface area contributed by atoms with Gasteiger partial charge in [0.25, 0.3) is 5.91 Å². The van der Waals surface area contributed by atoms with Crippen molar-refractivity contribution in [3.05, 3.63) is 40.4 Å². The lowest BCUT2D eigenvalue weighted by Gasteiger charge is -2.33. The molecule has 1 aliphatic rings. The van der Waals surface area contributed by atoms with Gasteiger partial charge in [0, 0.05) is 17.6 Å². The first-order valence-corrected chi connectivity index (χ1v) is 8.46. The molecule has 0 aliphatic carbocycles. The molecular formula is C18H21ClN2O4. The highest BCUT2D eigenvalue weighted by Crippen LogP contribution is 2.18. The third kappa shape index (κ3) is 5.32. The summed E-state index contributed by atoms with van der Waals surface area (Å²) in [5.41, 5.74) is 7.02. The van der Waals surface area contributed by atoms with Gasteiger partial charge < -0.3 is 15.4 Å². The van der Waals surface area contributed by atoms with Crippen molar-refractivity contribution in [1.82, 2.24) is 4.90 Å². The normalized spacial score (nSPS) is 17.5. The topological polar surface area (TPSA) is 89.7 Å². The minimum atomic E-state index is -0.641. The minimum absolute atomic E-state index is 0.413. The number of benzene rings is 1. The second-order valence-corrected chi connectivity index (χ2v) is 6.36. The Morgan fingerprint density at radius 2 is 2.12 bits per heavy atom. The molecule has 134 valence electrons. The summed E-state index contributed by atoms with van der Waals surface area (Å²) in [4.78, 5) is 36.7. The number of hydrogen-bond donors (Lipinski definition) is 1. The van der Waals surface area contributed by atoms with Gasteiger partial charge in [-0.25, -0.2) is 4.79 Å². The summed E-state index contributed by atoms with van der Waals surface area (Å²) in [6.07, 6.45) is 4.99. The fraction of sp³-hybridized carbons (Fsp3) is 0.389. The van der Waals surface area contributed by atoms with E-state index in [4.69, 9.17) is 22.1 Å². The van der Waals surface area contributed by atoms with Crippen molar-refractivity contribution >= 4 is 35.5 Å². The average Bonchev–Trinajstić information content (AvgIpc) is 2.60. The third-order valence-corrected chi connectivity index (χ3v) is 4.50. The van der Waals surface area contributed by atoms with E-state index in [0.29, 0.717) is 18.0 Å². The molecule has 1 atom stereocenters. The molecule has 0 spiro atoms. The number of piperidine rings is 1. The van der Waals surface area contributed by atoms with Crippen LogP contribution in [0.1, 0.15) is 30.4 Å². The smallest absolute Gasteiger partial charge is 0.331 e. The number of likely N-dealkylation sites (tertiary alicyclic amines) is 1. The van der Waals surface area contributed by atoms with Crippen LogP contribution in [-0.4, -0.2) is 41.9 Å². The number of amides is 2. The van der Waals surface area contributed by atoms with Crippen LogP contribution < -0.4 is 5.73 Å². The number of esters is 1. The minimum Gasteiger partial charge on any atom is -0.452 e. The fourth-order valence-electron chi connectivity index (χ4n) is 2.67. The first-order valence-electron chi connectivity index (χ1n) is 8.08. The van der Waals surface area contributed by atoms with Crippen LogP contribution in [0.2, 0.25) is 5.02 Å². The van der Waals surface area contributed by atoms with E-state index < -0.39 is 30.4 Å². The Bertz CT molecular complexity index is 702. The standard InChI is InChI=1S/C18H21ClN2O4/c1-12-5-6-13(10-14(12)19)7-8-17(23)25-11-16(22)21-9-3-2-4-15(21)18(20)24/h5-8,10,15H,2-4,9,11H2,1H3,(H2,20,24)/b8-7+/t15-/m1/s1. The van der Waals surface area contributed by atoms with Crippen LogP contribution in [0.5, 0.6) is 0 Å². The number of halogens is 1. The van der Waals surface area contributed by atoms with Gasteiger partial charge in [0.15, 0.2) is 6.61 Å². The second kappa shape index (κ2) is 8.67. The average molecular weight is 365 g/mol. The molecule has 7 heteroatoms. The Morgan fingerprint density at radius 1 is 1.36 bits per heavy atom. The molecule has 0 saturated carbocycles. The number of ether oxygens (including phenoxy) is 1. The SMILES string of the molecule is Cc1ccc(/C=C/C(=O)OCC(=O)N2CCCC[C@@H]2C(N)=O)cc1Cl. The summed E-state index contributed by atoms with van der Waals surface area (Å²) >= 11 is 6.02. The molecule has 1 fully saturated rings. The molecule has 0 unspecified atom stereocenters. The van der Waals surface area contributed by atoms with Crippen molar-refractivity contribution in [2.75, 3.05) is 13.2 Å². The Hall–Kier alpha value is -2.34. The molecule has 1 aromatic carbocycles. The predicted octanol–water partition coefficient (Wildman–Crippen LogP) is 2.07. The molecule has 1 aromatic rings. The first kappa shape index (κ1) is 19.0.